The topological polar surface area (TPSA) is 46.2 Å². The number of nitrogens with one attached hydrogen (secondary N) is 1. The molecule has 1 rings (SSSR count). The first-order chi connectivity index (χ1) is 8.02. The first-order valence-corrected chi connectivity index (χ1v) is 7.69. The number of unbranched alkanes of at least 4 members (excludes halogenated alkanes) is 1. The van der Waals surface area contributed by atoms with Crippen LogP contribution in [0.4, 0.5) is 0 Å². The van der Waals surface area contributed by atoms with E-state index in [9.17, 15) is 8.42 Å². The summed E-state index contributed by atoms with van der Waals surface area (Å²) in [6, 6.07) is 9.11. The van der Waals surface area contributed by atoms with Crippen LogP contribution in [-0.4, -0.2) is 26.8 Å². The van der Waals surface area contributed by atoms with Gasteiger partial charge in [-0.25, -0.2) is 8.42 Å². The highest BCUT2D eigenvalue weighted by molar-refractivity contribution is 7.91. The predicted octanol–water partition coefficient (Wildman–Crippen LogP) is 2.24. The molecule has 0 spiro atoms. The Morgan fingerprint density at radius 2 is 1.76 bits per heavy atom. The van der Waals surface area contributed by atoms with Crippen molar-refractivity contribution < 1.29 is 8.42 Å². The summed E-state index contributed by atoms with van der Waals surface area (Å²) in [6.45, 7) is 5.05. The maximum atomic E-state index is 11.9. The van der Waals surface area contributed by atoms with Crippen LogP contribution in [0, 0.1) is 0 Å². The second-order valence-electron chi connectivity index (χ2n) is 4.45. The molecule has 0 atom stereocenters. The third-order valence-electron chi connectivity index (χ3n) is 2.49. The molecule has 0 radical (unpaired) electrons. The van der Waals surface area contributed by atoms with Crippen molar-refractivity contribution in [3.8, 4) is 0 Å². The van der Waals surface area contributed by atoms with E-state index < -0.39 is 9.84 Å². The zero-order valence-corrected chi connectivity index (χ0v) is 11.3. The van der Waals surface area contributed by atoms with Crippen LogP contribution in [0.3, 0.4) is 0 Å². The van der Waals surface area contributed by atoms with E-state index in [1.165, 1.54) is 0 Å². The fraction of sp³-hybridized carbons (Fsp3) is 0.538. The predicted molar refractivity (Wildman–Crippen MR) is 70.9 cm³/mol. The monoisotopic (exact) mass is 255 g/mol. The quantitative estimate of drug-likeness (QED) is 0.760. The van der Waals surface area contributed by atoms with Crippen LogP contribution < -0.4 is 5.32 Å². The summed E-state index contributed by atoms with van der Waals surface area (Å²) in [5.74, 6) is 0.233. The van der Waals surface area contributed by atoms with Crippen LogP contribution in [0.15, 0.2) is 35.2 Å². The summed E-state index contributed by atoms with van der Waals surface area (Å²) in [7, 11) is -3.09. The van der Waals surface area contributed by atoms with Gasteiger partial charge in [0.1, 0.15) is 0 Å². The summed E-state index contributed by atoms with van der Waals surface area (Å²) < 4.78 is 23.8. The van der Waals surface area contributed by atoms with Gasteiger partial charge in [-0.05, 0) is 31.5 Å². The smallest absolute Gasteiger partial charge is 0.178 e. The van der Waals surface area contributed by atoms with E-state index in [0.29, 0.717) is 17.4 Å². The van der Waals surface area contributed by atoms with Gasteiger partial charge in [-0.2, -0.15) is 0 Å². The summed E-state index contributed by atoms with van der Waals surface area (Å²) in [4.78, 5) is 0.428. The van der Waals surface area contributed by atoms with Crippen LogP contribution in [-0.2, 0) is 9.84 Å². The first-order valence-electron chi connectivity index (χ1n) is 6.03. The van der Waals surface area contributed by atoms with Gasteiger partial charge in [0.2, 0.25) is 0 Å². The van der Waals surface area contributed by atoms with Gasteiger partial charge >= 0.3 is 0 Å². The van der Waals surface area contributed by atoms with E-state index in [-0.39, 0.29) is 5.75 Å². The second-order valence-corrected chi connectivity index (χ2v) is 6.56. The van der Waals surface area contributed by atoms with E-state index in [4.69, 9.17) is 0 Å². The Kier molecular flexibility index (Phi) is 5.65. The highest BCUT2D eigenvalue weighted by Gasteiger charge is 2.12. The molecule has 0 aliphatic carbocycles. The summed E-state index contributed by atoms with van der Waals surface area (Å²) in [5, 5.41) is 3.28. The second kappa shape index (κ2) is 6.77. The Hall–Kier alpha value is -0.870. The van der Waals surface area contributed by atoms with Crippen molar-refractivity contribution in [2.75, 3.05) is 12.3 Å². The molecule has 0 aromatic heterocycles. The molecule has 0 fully saturated rings. The SMILES string of the molecule is CC(C)NCCCCS(=O)(=O)c1ccccc1. The van der Waals surface area contributed by atoms with Crippen molar-refractivity contribution in [1.82, 2.24) is 5.32 Å². The highest BCUT2D eigenvalue weighted by atomic mass is 32.2. The minimum absolute atomic E-state index is 0.233. The van der Waals surface area contributed by atoms with Crippen molar-refractivity contribution in [3.05, 3.63) is 30.3 Å². The average Bonchev–Trinajstić information content (AvgIpc) is 2.29. The Bertz CT molecular complexity index is 412. The standard InChI is InChI=1S/C13H21NO2S/c1-12(2)14-10-6-7-11-17(15,16)13-8-4-3-5-9-13/h3-5,8-9,12,14H,6-7,10-11H2,1-2H3. The molecule has 0 heterocycles. The molecule has 4 heteroatoms. The molecule has 1 N–H and O–H groups in total. The third-order valence-corrected chi connectivity index (χ3v) is 4.31. The van der Waals surface area contributed by atoms with Crippen molar-refractivity contribution in [3.63, 3.8) is 0 Å². The van der Waals surface area contributed by atoms with Crippen molar-refractivity contribution in [2.45, 2.75) is 37.6 Å². The van der Waals surface area contributed by atoms with E-state index in [2.05, 4.69) is 19.2 Å². The number of benzene rings is 1. The molecular weight excluding hydrogens is 234 g/mol. The normalized spacial score (nSPS) is 11.9. The zero-order chi connectivity index (χ0) is 12.7. The van der Waals surface area contributed by atoms with E-state index in [1.807, 2.05) is 6.07 Å². The molecular formula is C13H21NO2S. The number of hydrogen-bond acceptors (Lipinski definition) is 3. The third kappa shape index (κ3) is 5.33. The molecule has 3 nitrogen and oxygen atoms in total. The minimum atomic E-state index is -3.09. The number of hydrogen-bond donors (Lipinski definition) is 1. The van der Waals surface area contributed by atoms with E-state index >= 15 is 0 Å². The molecule has 0 unspecified atom stereocenters. The molecule has 0 aliphatic heterocycles. The number of sulfone groups is 1. The molecule has 1 aromatic carbocycles. The lowest BCUT2D eigenvalue weighted by atomic mass is 10.3. The Morgan fingerprint density at radius 3 is 2.35 bits per heavy atom. The van der Waals surface area contributed by atoms with Gasteiger partial charge < -0.3 is 5.32 Å². The van der Waals surface area contributed by atoms with Gasteiger partial charge in [0.05, 0.1) is 10.6 Å². The molecule has 0 saturated carbocycles. The van der Waals surface area contributed by atoms with Crippen LogP contribution in [0.1, 0.15) is 26.7 Å². The lowest BCUT2D eigenvalue weighted by molar-refractivity contribution is 0.560. The summed E-state index contributed by atoms with van der Waals surface area (Å²) >= 11 is 0. The van der Waals surface area contributed by atoms with Crippen LogP contribution >= 0.6 is 0 Å². The highest BCUT2D eigenvalue weighted by Crippen LogP contribution is 2.11. The lowest BCUT2D eigenvalue weighted by Gasteiger charge is -2.08. The van der Waals surface area contributed by atoms with Gasteiger partial charge in [0.15, 0.2) is 9.84 Å². The maximum Gasteiger partial charge on any atom is 0.178 e. The molecule has 0 bridgehead atoms. The molecule has 1 aromatic rings. The molecule has 0 saturated heterocycles. The van der Waals surface area contributed by atoms with Gasteiger partial charge in [0, 0.05) is 6.04 Å². The lowest BCUT2D eigenvalue weighted by Crippen LogP contribution is -2.24. The molecule has 96 valence electrons. The average molecular weight is 255 g/mol. The fourth-order valence-electron chi connectivity index (χ4n) is 1.55. The van der Waals surface area contributed by atoms with Crippen molar-refractivity contribution >= 4 is 9.84 Å². The largest absolute Gasteiger partial charge is 0.315 e. The maximum absolute atomic E-state index is 11.9. The Morgan fingerprint density at radius 1 is 1.12 bits per heavy atom. The zero-order valence-electron chi connectivity index (χ0n) is 10.5. The van der Waals surface area contributed by atoms with Crippen LogP contribution in [0.25, 0.3) is 0 Å². The molecule has 17 heavy (non-hydrogen) atoms. The van der Waals surface area contributed by atoms with E-state index in [1.54, 1.807) is 24.3 Å². The molecule has 0 aliphatic rings. The van der Waals surface area contributed by atoms with Crippen LogP contribution in [0.5, 0.6) is 0 Å². The van der Waals surface area contributed by atoms with Gasteiger partial charge in [-0.15, -0.1) is 0 Å². The fourth-order valence-corrected chi connectivity index (χ4v) is 2.95. The summed E-state index contributed by atoms with van der Waals surface area (Å²) in [5.41, 5.74) is 0. The Balaban J connectivity index is 2.36. The Labute approximate surface area is 104 Å². The van der Waals surface area contributed by atoms with E-state index in [0.717, 1.165) is 13.0 Å². The van der Waals surface area contributed by atoms with Gasteiger partial charge in [-0.3, -0.25) is 0 Å². The van der Waals surface area contributed by atoms with Crippen LogP contribution in [0.2, 0.25) is 0 Å². The summed E-state index contributed by atoms with van der Waals surface area (Å²) in [6.07, 6.45) is 1.60. The number of rotatable bonds is 7. The van der Waals surface area contributed by atoms with Crippen molar-refractivity contribution in [2.24, 2.45) is 0 Å². The first kappa shape index (κ1) is 14.2. The minimum Gasteiger partial charge on any atom is -0.315 e. The van der Waals surface area contributed by atoms with Crippen molar-refractivity contribution in [1.29, 1.82) is 0 Å². The van der Waals surface area contributed by atoms with Gasteiger partial charge in [-0.1, -0.05) is 32.0 Å². The molecule has 0 amide bonds. The van der Waals surface area contributed by atoms with Gasteiger partial charge in [0.25, 0.3) is 0 Å².